The van der Waals surface area contributed by atoms with Crippen LogP contribution in [0.25, 0.3) is 10.2 Å². The third-order valence-electron chi connectivity index (χ3n) is 4.21. The molecule has 3 heterocycles. The standard InChI is InChI=1S/C17H18N4O2S/c22-14(18-8-11-4-3-7-23-11)9-19-16-15-12-5-1-2-6-13(12)24-17(15)21-10-20-16/h3-4,7,10H,1-2,5-6,8-9H2,(H,18,22)(H,19,20,21). The molecule has 0 radical (unpaired) electrons. The van der Waals surface area contributed by atoms with Crippen LogP contribution < -0.4 is 10.6 Å². The zero-order chi connectivity index (χ0) is 16.4. The minimum absolute atomic E-state index is 0.0951. The molecule has 24 heavy (non-hydrogen) atoms. The summed E-state index contributed by atoms with van der Waals surface area (Å²) >= 11 is 1.75. The zero-order valence-electron chi connectivity index (χ0n) is 13.2. The van der Waals surface area contributed by atoms with E-state index in [2.05, 4.69) is 20.6 Å². The molecule has 0 aromatic carbocycles. The van der Waals surface area contributed by atoms with E-state index in [1.807, 2.05) is 6.07 Å². The highest BCUT2D eigenvalue weighted by Crippen LogP contribution is 2.37. The maximum Gasteiger partial charge on any atom is 0.239 e. The summed E-state index contributed by atoms with van der Waals surface area (Å²) in [4.78, 5) is 23.2. The summed E-state index contributed by atoms with van der Waals surface area (Å²) in [6, 6.07) is 3.64. The number of furan rings is 1. The molecule has 2 N–H and O–H groups in total. The highest BCUT2D eigenvalue weighted by atomic mass is 32.1. The zero-order valence-corrected chi connectivity index (χ0v) is 14.0. The van der Waals surface area contributed by atoms with Crippen molar-refractivity contribution in [3.05, 3.63) is 40.9 Å². The molecule has 0 saturated heterocycles. The van der Waals surface area contributed by atoms with E-state index in [1.165, 1.54) is 23.3 Å². The van der Waals surface area contributed by atoms with E-state index in [0.29, 0.717) is 6.54 Å². The number of fused-ring (bicyclic) bond motifs is 3. The summed E-state index contributed by atoms with van der Waals surface area (Å²) in [6.07, 6.45) is 7.80. The van der Waals surface area contributed by atoms with Crippen LogP contribution in [0.2, 0.25) is 0 Å². The van der Waals surface area contributed by atoms with Crippen molar-refractivity contribution in [2.75, 3.05) is 11.9 Å². The lowest BCUT2D eigenvalue weighted by Gasteiger charge is -2.12. The molecule has 1 amide bonds. The van der Waals surface area contributed by atoms with Crippen LogP contribution in [0.5, 0.6) is 0 Å². The topological polar surface area (TPSA) is 80.0 Å². The van der Waals surface area contributed by atoms with Crippen LogP contribution in [0.4, 0.5) is 5.82 Å². The molecule has 4 rings (SSSR count). The lowest BCUT2D eigenvalue weighted by molar-refractivity contribution is -0.119. The maximum absolute atomic E-state index is 12.0. The predicted octanol–water partition coefficient (Wildman–Crippen LogP) is 2.89. The summed E-state index contributed by atoms with van der Waals surface area (Å²) in [5.74, 6) is 1.40. The molecule has 1 aliphatic rings. The largest absolute Gasteiger partial charge is 0.467 e. The second-order valence-corrected chi connectivity index (χ2v) is 6.91. The van der Waals surface area contributed by atoms with Gasteiger partial charge in [-0.2, -0.15) is 0 Å². The molecule has 3 aromatic rings. The van der Waals surface area contributed by atoms with Gasteiger partial charge in [0.25, 0.3) is 0 Å². The van der Waals surface area contributed by atoms with Crippen molar-refractivity contribution < 1.29 is 9.21 Å². The van der Waals surface area contributed by atoms with Gasteiger partial charge in [-0.15, -0.1) is 11.3 Å². The van der Waals surface area contributed by atoms with Crippen molar-refractivity contribution in [1.29, 1.82) is 0 Å². The normalized spacial score (nSPS) is 13.7. The molecule has 6 nitrogen and oxygen atoms in total. The average Bonchev–Trinajstić information content (AvgIpc) is 3.25. The van der Waals surface area contributed by atoms with Gasteiger partial charge in [0.15, 0.2) is 0 Å². The number of rotatable bonds is 5. The Hall–Kier alpha value is -2.41. The predicted molar refractivity (Wildman–Crippen MR) is 93.1 cm³/mol. The van der Waals surface area contributed by atoms with Crippen molar-refractivity contribution in [1.82, 2.24) is 15.3 Å². The maximum atomic E-state index is 12.0. The SMILES string of the molecule is O=C(CNc1ncnc2sc3c(c12)CCCC3)NCc1ccco1. The summed E-state index contributed by atoms with van der Waals surface area (Å²) in [5.41, 5.74) is 1.36. The number of aryl methyl sites for hydroxylation is 2. The van der Waals surface area contributed by atoms with Crippen molar-refractivity contribution in [3.63, 3.8) is 0 Å². The van der Waals surface area contributed by atoms with Gasteiger partial charge in [0.2, 0.25) is 5.91 Å². The lowest BCUT2D eigenvalue weighted by atomic mass is 9.97. The van der Waals surface area contributed by atoms with Crippen LogP contribution in [-0.2, 0) is 24.2 Å². The Morgan fingerprint density at radius 2 is 2.21 bits per heavy atom. The van der Waals surface area contributed by atoms with E-state index in [-0.39, 0.29) is 12.5 Å². The van der Waals surface area contributed by atoms with Gasteiger partial charge >= 0.3 is 0 Å². The van der Waals surface area contributed by atoms with Gasteiger partial charge in [0, 0.05) is 4.88 Å². The minimum Gasteiger partial charge on any atom is -0.467 e. The number of thiophene rings is 1. The van der Waals surface area contributed by atoms with E-state index in [9.17, 15) is 4.79 Å². The molecular formula is C17H18N4O2S. The van der Waals surface area contributed by atoms with Gasteiger partial charge in [-0.1, -0.05) is 0 Å². The third kappa shape index (κ3) is 2.99. The Morgan fingerprint density at radius 1 is 1.29 bits per heavy atom. The number of hydrogen-bond donors (Lipinski definition) is 2. The van der Waals surface area contributed by atoms with Crippen LogP contribution in [0.15, 0.2) is 29.1 Å². The van der Waals surface area contributed by atoms with Crippen LogP contribution >= 0.6 is 11.3 Å². The molecule has 0 unspecified atom stereocenters. The van der Waals surface area contributed by atoms with Crippen LogP contribution in [0.1, 0.15) is 29.0 Å². The van der Waals surface area contributed by atoms with E-state index < -0.39 is 0 Å². The molecular weight excluding hydrogens is 324 g/mol. The fourth-order valence-corrected chi connectivity index (χ4v) is 4.28. The molecule has 7 heteroatoms. The molecule has 0 atom stereocenters. The fourth-order valence-electron chi connectivity index (χ4n) is 3.05. The monoisotopic (exact) mass is 342 g/mol. The first-order valence-electron chi connectivity index (χ1n) is 8.09. The smallest absolute Gasteiger partial charge is 0.239 e. The van der Waals surface area contributed by atoms with Gasteiger partial charge in [0.05, 0.1) is 24.7 Å². The molecule has 1 aliphatic carbocycles. The number of carbonyl (C=O) groups excluding carboxylic acids is 1. The molecule has 0 fully saturated rings. The minimum atomic E-state index is -0.0951. The second-order valence-electron chi connectivity index (χ2n) is 5.82. The molecule has 0 spiro atoms. The molecule has 3 aromatic heterocycles. The summed E-state index contributed by atoms with van der Waals surface area (Å²) < 4.78 is 5.20. The van der Waals surface area contributed by atoms with Gasteiger partial charge < -0.3 is 15.1 Å². The number of nitrogens with zero attached hydrogens (tertiary/aromatic N) is 2. The highest BCUT2D eigenvalue weighted by molar-refractivity contribution is 7.19. The molecule has 124 valence electrons. The van der Waals surface area contributed by atoms with Gasteiger partial charge in [0.1, 0.15) is 22.7 Å². The van der Waals surface area contributed by atoms with Crippen LogP contribution in [0.3, 0.4) is 0 Å². The van der Waals surface area contributed by atoms with E-state index in [1.54, 1.807) is 30.0 Å². The fraction of sp³-hybridized carbons (Fsp3) is 0.353. The van der Waals surface area contributed by atoms with Crippen LogP contribution in [0, 0.1) is 0 Å². The Morgan fingerprint density at radius 3 is 3.08 bits per heavy atom. The van der Waals surface area contributed by atoms with Crippen molar-refractivity contribution in [2.24, 2.45) is 0 Å². The lowest BCUT2D eigenvalue weighted by Crippen LogP contribution is -2.29. The van der Waals surface area contributed by atoms with E-state index in [0.717, 1.165) is 34.6 Å². The Balaban J connectivity index is 1.46. The van der Waals surface area contributed by atoms with Gasteiger partial charge in [-0.3, -0.25) is 4.79 Å². The van der Waals surface area contributed by atoms with Crippen molar-refractivity contribution in [2.45, 2.75) is 32.2 Å². The van der Waals surface area contributed by atoms with E-state index in [4.69, 9.17) is 4.42 Å². The van der Waals surface area contributed by atoms with Gasteiger partial charge in [-0.05, 0) is 43.4 Å². The molecule has 0 bridgehead atoms. The number of carbonyl (C=O) groups is 1. The third-order valence-corrected chi connectivity index (χ3v) is 5.41. The first-order valence-corrected chi connectivity index (χ1v) is 8.91. The summed E-state index contributed by atoms with van der Waals surface area (Å²) in [6.45, 7) is 0.567. The first-order chi connectivity index (χ1) is 11.8. The van der Waals surface area contributed by atoms with E-state index >= 15 is 0 Å². The second kappa shape index (κ2) is 6.60. The Bertz CT molecular complexity index is 857. The highest BCUT2D eigenvalue weighted by Gasteiger charge is 2.20. The Kier molecular flexibility index (Phi) is 4.17. The average molecular weight is 342 g/mol. The summed E-state index contributed by atoms with van der Waals surface area (Å²) in [7, 11) is 0. The summed E-state index contributed by atoms with van der Waals surface area (Å²) in [5, 5.41) is 7.08. The molecule has 0 saturated carbocycles. The number of anilines is 1. The quantitative estimate of drug-likeness (QED) is 0.745. The number of hydrogen-bond acceptors (Lipinski definition) is 6. The van der Waals surface area contributed by atoms with Gasteiger partial charge in [-0.25, -0.2) is 9.97 Å². The first kappa shape index (κ1) is 15.1. The van der Waals surface area contributed by atoms with Crippen molar-refractivity contribution >= 4 is 33.3 Å². The van der Waals surface area contributed by atoms with Crippen LogP contribution in [-0.4, -0.2) is 22.4 Å². The number of nitrogens with one attached hydrogen (secondary N) is 2. The molecule has 0 aliphatic heterocycles. The Labute approximate surface area is 143 Å². The number of amides is 1. The number of aromatic nitrogens is 2. The van der Waals surface area contributed by atoms with Crippen molar-refractivity contribution in [3.8, 4) is 0 Å².